The van der Waals surface area contributed by atoms with Crippen molar-refractivity contribution in [3.05, 3.63) is 0 Å². The Hall–Kier alpha value is -1.06. The number of carbonyl (C=O) groups is 2. The minimum atomic E-state index is -0.629. The fourth-order valence-corrected chi connectivity index (χ4v) is 3.82. The summed E-state index contributed by atoms with van der Waals surface area (Å²) in [5, 5.41) is 2.95. The van der Waals surface area contributed by atoms with Crippen LogP contribution in [0.2, 0.25) is 0 Å². The summed E-state index contributed by atoms with van der Waals surface area (Å²) in [6, 6.07) is 0.278. The molecule has 0 aromatic rings. The Morgan fingerprint density at radius 1 is 1.21 bits per heavy atom. The summed E-state index contributed by atoms with van der Waals surface area (Å²) < 4.78 is 0. The van der Waals surface area contributed by atoms with Gasteiger partial charge >= 0.3 is 0 Å². The number of nitrogens with zero attached hydrogens (tertiary/aromatic N) is 1. The van der Waals surface area contributed by atoms with Crippen molar-refractivity contribution in [1.82, 2.24) is 10.2 Å². The van der Waals surface area contributed by atoms with Crippen molar-refractivity contribution in [2.75, 3.05) is 6.54 Å². The highest BCUT2D eigenvalue weighted by Crippen LogP contribution is 2.42. The number of nitrogens with one attached hydrogen (secondary N) is 1. The van der Waals surface area contributed by atoms with E-state index in [0.29, 0.717) is 11.8 Å². The highest BCUT2D eigenvalue weighted by Gasteiger charge is 2.53. The second-order valence-corrected chi connectivity index (χ2v) is 6.88. The summed E-state index contributed by atoms with van der Waals surface area (Å²) in [6.45, 7) is 4.43. The van der Waals surface area contributed by atoms with Crippen molar-refractivity contribution in [2.24, 2.45) is 11.8 Å². The topological polar surface area (TPSA) is 49.4 Å². The molecule has 3 fully saturated rings. The van der Waals surface area contributed by atoms with E-state index in [1.807, 2.05) is 11.8 Å². The highest BCUT2D eigenvalue weighted by atomic mass is 16.2. The number of piperazine rings is 1. The predicted molar refractivity (Wildman–Crippen MR) is 72.4 cm³/mol. The van der Waals surface area contributed by atoms with Gasteiger partial charge in [-0.3, -0.25) is 9.59 Å². The molecule has 3 aliphatic rings. The Morgan fingerprint density at radius 3 is 2.58 bits per heavy atom. The highest BCUT2D eigenvalue weighted by molar-refractivity contribution is 5.98. The van der Waals surface area contributed by atoms with Crippen LogP contribution >= 0.6 is 0 Å². The van der Waals surface area contributed by atoms with E-state index in [-0.39, 0.29) is 24.4 Å². The van der Waals surface area contributed by atoms with Gasteiger partial charge in [0.15, 0.2) is 0 Å². The minimum Gasteiger partial charge on any atom is -0.340 e. The largest absolute Gasteiger partial charge is 0.340 e. The van der Waals surface area contributed by atoms with Crippen LogP contribution in [0.5, 0.6) is 0 Å². The van der Waals surface area contributed by atoms with Gasteiger partial charge in [-0.05, 0) is 44.4 Å². The summed E-state index contributed by atoms with van der Waals surface area (Å²) in [5.74, 6) is 1.21. The van der Waals surface area contributed by atoms with Crippen LogP contribution in [-0.4, -0.2) is 34.8 Å². The average molecular weight is 264 g/mol. The van der Waals surface area contributed by atoms with E-state index in [4.69, 9.17) is 0 Å². The van der Waals surface area contributed by atoms with Gasteiger partial charge in [0.25, 0.3) is 0 Å². The van der Waals surface area contributed by atoms with Gasteiger partial charge < -0.3 is 10.2 Å². The number of hydrogen-bond donors (Lipinski definition) is 1. The quantitative estimate of drug-likeness (QED) is 0.825. The molecule has 2 saturated carbocycles. The Labute approximate surface area is 114 Å². The van der Waals surface area contributed by atoms with Crippen LogP contribution in [0.15, 0.2) is 0 Å². The molecule has 0 aromatic carbocycles. The molecule has 0 radical (unpaired) electrons. The maximum Gasteiger partial charge on any atom is 0.249 e. The predicted octanol–water partition coefficient (Wildman–Crippen LogP) is 1.69. The van der Waals surface area contributed by atoms with Gasteiger partial charge in [0.05, 0.1) is 6.54 Å². The van der Waals surface area contributed by atoms with Crippen LogP contribution in [0.25, 0.3) is 0 Å². The van der Waals surface area contributed by atoms with Crippen molar-refractivity contribution in [1.29, 1.82) is 0 Å². The van der Waals surface area contributed by atoms with Crippen LogP contribution in [0.4, 0.5) is 0 Å². The maximum atomic E-state index is 12.8. The molecular weight excluding hydrogens is 240 g/mol. The van der Waals surface area contributed by atoms with Crippen LogP contribution in [0.3, 0.4) is 0 Å². The molecule has 0 spiro atoms. The normalized spacial score (nSPS) is 40.2. The minimum absolute atomic E-state index is 0.0206. The summed E-state index contributed by atoms with van der Waals surface area (Å²) in [4.78, 5) is 26.7. The lowest BCUT2D eigenvalue weighted by molar-refractivity contribution is -0.153. The molecule has 3 rings (SSSR count). The first-order valence-electron chi connectivity index (χ1n) is 7.63. The number of carbonyl (C=O) groups excluding carboxylic acids is 2. The van der Waals surface area contributed by atoms with Gasteiger partial charge in [-0.15, -0.1) is 0 Å². The number of hydrogen-bond acceptors (Lipinski definition) is 2. The molecule has 3 atom stereocenters. The fourth-order valence-electron chi connectivity index (χ4n) is 3.82. The third kappa shape index (κ3) is 2.26. The molecule has 1 heterocycles. The van der Waals surface area contributed by atoms with Crippen LogP contribution in [-0.2, 0) is 9.59 Å². The molecule has 0 bridgehead atoms. The van der Waals surface area contributed by atoms with E-state index in [1.165, 1.54) is 12.8 Å². The van der Waals surface area contributed by atoms with Crippen molar-refractivity contribution in [2.45, 2.75) is 64.0 Å². The van der Waals surface area contributed by atoms with E-state index >= 15 is 0 Å². The zero-order valence-corrected chi connectivity index (χ0v) is 11.9. The molecule has 1 N–H and O–H groups in total. The molecule has 0 aromatic heterocycles. The van der Waals surface area contributed by atoms with E-state index in [2.05, 4.69) is 12.2 Å². The van der Waals surface area contributed by atoms with Gasteiger partial charge in [0.2, 0.25) is 11.8 Å². The molecule has 4 heteroatoms. The van der Waals surface area contributed by atoms with E-state index in [0.717, 1.165) is 25.7 Å². The molecule has 1 aliphatic heterocycles. The Kier molecular flexibility index (Phi) is 3.06. The molecular formula is C15H24N2O2. The van der Waals surface area contributed by atoms with Crippen molar-refractivity contribution < 1.29 is 9.59 Å². The molecule has 106 valence electrons. The van der Waals surface area contributed by atoms with E-state index < -0.39 is 5.54 Å². The first-order valence-corrected chi connectivity index (χ1v) is 7.63. The fraction of sp³-hybridized carbons (Fsp3) is 0.867. The molecule has 2 aliphatic carbocycles. The third-order valence-electron chi connectivity index (χ3n) is 5.16. The zero-order chi connectivity index (χ0) is 13.6. The second kappa shape index (κ2) is 4.50. The Bertz CT molecular complexity index is 405. The van der Waals surface area contributed by atoms with E-state index in [9.17, 15) is 9.59 Å². The van der Waals surface area contributed by atoms with Gasteiger partial charge in [0, 0.05) is 6.04 Å². The van der Waals surface area contributed by atoms with Crippen LogP contribution < -0.4 is 5.32 Å². The van der Waals surface area contributed by atoms with Crippen LogP contribution in [0, 0.1) is 11.8 Å². The van der Waals surface area contributed by atoms with Crippen LogP contribution in [0.1, 0.15) is 52.4 Å². The smallest absolute Gasteiger partial charge is 0.249 e. The zero-order valence-electron chi connectivity index (χ0n) is 11.9. The van der Waals surface area contributed by atoms with Crippen molar-refractivity contribution in [3.63, 3.8) is 0 Å². The van der Waals surface area contributed by atoms with Gasteiger partial charge in [0.1, 0.15) is 5.54 Å². The molecule has 19 heavy (non-hydrogen) atoms. The summed E-state index contributed by atoms with van der Waals surface area (Å²) in [7, 11) is 0. The van der Waals surface area contributed by atoms with Crippen molar-refractivity contribution >= 4 is 11.8 Å². The molecule has 1 saturated heterocycles. The second-order valence-electron chi connectivity index (χ2n) is 6.88. The first-order chi connectivity index (χ1) is 9.00. The Morgan fingerprint density at radius 2 is 1.95 bits per heavy atom. The monoisotopic (exact) mass is 264 g/mol. The van der Waals surface area contributed by atoms with Gasteiger partial charge in [-0.25, -0.2) is 0 Å². The van der Waals surface area contributed by atoms with Gasteiger partial charge in [-0.2, -0.15) is 0 Å². The molecule has 4 nitrogen and oxygen atoms in total. The lowest BCUT2D eigenvalue weighted by Crippen LogP contribution is -2.68. The summed E-state index contributed by atoms with van der Waals surface area (Å²) in [6.07, 6.45) is 6.68. The third-order valence-corrected chi connectivity index (χ3v) is 5.16. The van der Waals surface area contributed by atoms with Gasteiger partial charge in [-0.1, -0.05) is 19.8 Å². The van der Waals surface area contributed by atoms with E-state index in [1.54, 1.807) is 0 Å². The molecule has 3 unspecified atom stereocenters. The number of rotatable bonds is 2. The number of amides is 2. The lowest BCUT2D eigenvalue weighted by Gasteiger charge is -2.45. The first kappa shape index (κ1) is 12.9. The summed E-state index contributed by atoms with van der Waals surface area (Å²) in [5.41, 5.74) is -0.629. The maximum absolute atomic E-state index is 12.8. The lowest BCUT2D eigenvalue weighted by atomic mass is 9.83. The summed E-state index contributed by atoms with van der Waals surface area (Å²) >= 11 is 0. The average Bonchev–Trinajstić information content (AvgIpc) is 3.18. The standard InChI is InChI=1S/C15H24N2O2/c1-10-4-3-5-12(8-10)17-9-13(18)16-15(2,14(17)19)11-6-7-11/h10-12H,3-9H2,1-2H3,(H,16,18). The Balaban J connectivity index is 1.80. The van der Waals surface area contributed by atoms with Crippen molar-refractivity contribution in [3.8, 4) is 0 Å². The molecule has 2 amide bonds. The SMILES string of the molecule is CC1CCCC(N2CC(=O)NC(C)(C3CC3)C2=O)C1.